The van der Waals surface area contributed by atoms with Gasteiger partial charge < -0.3 is 14.6 Å². The molecule has 1 aliphatic heterocycles. The van der Waals surface area contributed by atoms with Crippen LogP contribution in [0, 0.1) is 5.82 Å². The number of fused-ring (bicyclic) bond motifs is 1. The topological polar surface area (TPSA) is 89.0 Å². The Morgan fingerprint density at radius 1 is 0.951 bits per heavy atom. The van der Waals surface area contributed by atoms with E-state index in [2.05, 4.69) is 4.98 Å². The summed E-state index contributed by atoms with van der Waals surface area (Å²) >= 11 is 1.09. The van der Waals surface area contributed by atoms with Gasteiger partial charge in [0.2, 0.25) is 0 Å². The van der Waals surface area contributed by atoms with Gasteiger partial charge in [-0.25, -0.2) is 9.37 Å². The molecule has 1 unspecified atom stereocenters. The number of aliphatic hydroxyl groups is 1. The third-order valence-corrected chi connectivity index (χ3v) is 7.79. The molecule has 1 aromatic heterocycles. The Balaban J connectivity index is 1.44. The van der Waals surface area contributed by atoms with E-state index in [1.165, 1.54) is 30.2 Å². The molecule has 0 radical (unpaired) electrons. The smallest absolute Gasteiger partial charge is 0.301 e. The summed E-state index contributed by atoms with van der Waals surface area (Å²) in [5, 5.41) is 11.6. The Labute approximate surface area is 238 Å². The zero-order chi connectivity index (χ0) is 28.5. The monoisotopic (exact) mass is 566 g/mol. The minimum absolute atomic E-state index is 0.0911. The number of benzene rings is 4. The number of hydrogen-bond donors (Lipinski definition) is 1. The molecule has 204 valence electrons. The average Bonchev–Trinajstić information content (AvgIpc) is 3.53. The lowest BCUT2D eigenvalue weighted by Crippen LogP contribution is -2.29. The lowest BCUT2D eigenvalue weighted by Gasteiger charge is -2.23. The van der Waals surface area contributed by atoms with E-state index >= 15 is 0 Å². The fourth-order valence-electron chi connectivity index (χ4n) is 4.75. The summed E-state index contributed by atoms with van der Waals surface area (Å²) in [5.74, 6) is -1.40. The molecule has 41 heavy (non-hydrogen) atoms. The first-order valence-electron chi connectivity index (χ1n) is 12.7. The molecular formula is C32H23FN2O5S. The van der Waals surface area contributed by atoms with Crippen molar-refractivity contribution in [3.63, 3.8) is 0 Å². The van der Waals surface area contributed by atoms with Gasteiger partial charge in [-0.05, 0) is 53.6 Å². The van der Waals surface area contributed by atoms with Crippen LogP contribution in [0.4, 0.5) is 9.52 Å². The maximum Gasteiger partial charge on any atom is 0.301 e. The Hall–Kier alpha value is -5.02. The molecule has 1 amide bonds. The van der Waals surface area contributed by atoms with Crippen molar-refractivity contribution in [3.8, 4) is 11.5 Å². The Morgan fingerprint density at radius 2 is 1.73 bits per heavy atom. The number of ketones is 1. The van der Waals surface area contributed by atoms with Crippen LogP contribution in [0.3, 0.4) is 0 Å². The number of methoxy groups -OCH3 is 1. The van der Waals surface area contributed by atoms with Crippen LogP contribution >= 0.6 is 11.3 Å². The Morgan fingerprint density at radius 3 is 2.49 bits per heavy atom. The number of ether oxygens (including phenoxy) is 2. The maximum absolute atomic E-state index is 13.9. The van der Waals surface area contributed by atoms with Gasteiger partial charge in [-0.15, -0.1) is 0 Å². The van der Waals surface area contributed by atoms with Crippen LogP contribution in [0.2, 0.25) is 0 Å². The van der Waals surface area contributed by atoms with Gasteiger partial charge in [-0.2, -0.15) is 0 Å². The molecule has 1 aliphatic rings. The van der Waals surface area contributed by atoms with Crippen LogP contribution in [0.5, 0.6) is 11.5 Å². The number of halogens is 1. The summed E-state index contributed by atoms with van der Waals surface area (Å²) in [4.78, 5) is 32.8. The van der Waals surface area contributed by atoms with Crippen molar-refractivity contribution in [3.05, 3.63) is 125 Å². The largest absolute Gasteiger partial charge is 0.507 e. The number of hydrogen-bond acceptors (Lipinski definition) is 7. The number of carbonyl (C=O) groups excluding carboxylic acids is 2. The molecule has 1 fully saturated rings. The van der Waals surface area contributed by atoms with E-state index in [0.29, 0.717) is 39.4 Å². The fraction of sp³-hybridized carbons (Fsp3) is 0.0938. The molecule has 0 bridgehead atoms. The fourth-order valence-corrected chi connectivity index (χ4v) is 5.76. The van der Waals surface area contributed by atoms with Gasteiger partial charge in [-0.1, -0.05) is 65.9 Å². The first-order chi connectivity index (χ1) is 19.9. The standard InChI is InChI=1S/C32H23FN2O5S/c1-39-24-9-5-8-21(16-24)29(36)27-28(20-10-13-23(14-11-20)40-18-19-6-3-2-4-7-19)35(31(38)30(27)37)32-34-25-15-12-22(33)17-26(25)41-32/h2-17,28,36H,18H2,1H3. The molecule has 1 N–H and O–H groups in total. The molecule has 0 aliphatic carbocycles. The van der Waals surface area contributed by atoms with E-state index in [-0.39, 0.29) is 16.5 Å². The van der Waals surface area contributed by atoms with Crippen molar-refractivity contribution >= 4 is 44.1 Å². The summed E-state index contributed by atoms with van der Waals surface area (Å²) in [6.07, 6.45) is 0. The minimum Gasteiger partial charge on any atom is -0.507 e. The summed E-state index contributed by atoms with van der Waals surface area (Å²) in [6, 6.07) is 26.5. The van der Waals surface area contributed by atoms with E-state index < -0.39 is 23.5 Å². The second-order valence-electron chi connectivity index (χ2n) is 9.35. The van der Waals surface area contributed by atoms with Crippen molar-refractivity contribution in [2.75, 3.05) is 12.0 Å². The molecular weight excluding hydrogens is 543 g/mol. The first-order valence-corrected chi connectivity index (χ1v) is 13.5. The van der Waals surface area contributed by atoms with Crippen LogP contribution in [0.1, 0.15) is 22.7 Å². The number of amides is 1. The maximum atomic E-state index is 13.9. The molecule has 1 saturated heterocycles. The summed E-state index contributed by atoms with van der Waals surface area (Å²) < 4.78 is 25.6. The van der Waals surface area contributed by atoms with E-state index in [1.807, 2.05) is 30.3 Å². The normalized spacial score (nSPS) is 16.3. The van der Waals surface area contributed by atoms with Crippen LogP contribution in [0.25, 0.3) is 16.0 Å². The lowest BCUT2D eigenvalue weighted by molar-refractivity contribution is -0.132. The third-order valence-electron chi connectivity index (χ3n) is 6.78. The van der Waals surface area contributed by atoms with Crippen molar-refractivity contribution in [1.29, 1.82) is 0 Å². The summed E-state index contributed by atoms with van der Waals surface area (Å²) in [6.45, 7) is 0.372. The molecule has 4 aromatic carbocycles. The molecule has 1 atom stereocenters. The molecule has 0 saturated carbocycles. The van der Waals surface area contributed by atoms with Gasteiger partial charge in [0, 0.05) is 5.56 Å². The highest BCUT2D eigenvalue weighted by molar-refractivity contribution is 7.22. The van der Waals surface area contributed by atoms with E-state index in [9.17, 15) is 19.1 Å². The second kappa shape index (κ2) is 10.9. The highest BCUT2D eigenvalue weighted by Gasteiger charge is 2.48. The molecule has 7 nitrogen and oxygen atoms in total. The van der Waals surface area contributed by atoms with E-state index in [4.69, 9.17) is 9.47 Å². The average molecular weight is 567 g/mol. The van der Waals surface area contributed by atoms with E-state index in [1.54, 1.807) is 48.5 Å². The quantitative estimate of drug-likeness (QED) is 0.135. The van der Waals surface area contributed by atoms with Gasteiger partial charge >= 0.3 is 5.91 Å². The Bertz CT molecular complexity index is 1800. The van der Waals surface area contributed by atoms with Gasteiger partial charge in [0.15, 0.2) is 5.13 Å². The Kier molecular flexibility index (Phi) is 6.94. The predicted octanol–water partition coefficient (Wildman–Crippen LogP) is 6.65. The zero-order valence-corrected chi connectivity index (χ0v) is 22.6. The lowest BCUT2D eigenvalue weighted by atomic mass is 9.95. The molecule has 0 spiro atoms. The highest BCUT2D eigenvalue weighted by atomic mass is 32.1. The van der Waals surface area contributed by atoms with Crippen LogP contribution in [-0.4, -0.2) is 28.9 Å². The number of anilines is 1. The highest BCUT2D eigenvalue weighted by Crippen LogP contribution is 2.44. The second-order valence-corrected chi connectivity index (χ2v) is 10.4. The predicted molar refractivity (Wildman–Crippen MR) is 155 cm³/mol. The number of aliphatic hydroxyl groups excluding tert-OH is 1. The molecule has 9 heteroatoms. The number of rotatable bonds is 7. The molecule has 5 aromatic rings. The van der Waals surface area contributed by atoms with Crippen LogP contribution < -0.4 is 14.4 Å². The van der Waals surface area contributed by atoms with Gasteiger partial charge in [-0.3, -0.25) is 14.5 Å². The number of thiazole rings is 1. The van der Waals surface area contributed by atoms with Gasteiger partial charge in [0.25, 0.3) is 5.78 Å². The van der Waals surface area contributed by atoms with Crippen LogP contribution in [0.15, 0.2) is 103 Å². The van der Waals surface area contributed by atoms with Crippen molar-refractivity contribution in [2.24, 2.45) is 0 Å². The molecule has 6 rings (SSSR count). The van der Waals surface area contributed by atoms with Crippen molar-refractivity contribution in [2.45, 2.75) is 12.6 Å². The van der Waals surface area contributed by atoms with Crippen LogP contribution in [-0.2, 0) is 16.2 Å². The van der Waals surface area contributed by atoms with Gasteiger partial charge in [0.1, 0.15) is 29.7 Å². The SMILES string of the molecule is COc1cccc(C(O)=C2C(=O)C(=O)N(c3nc4ccc(F)cc4s3)C2c2ccc(OCc3ccccc3)cc2)c1. The number of carbonyl (C=O) groups is 2. The third kappa shape index (κ3) is 5.03. The zero-order valence-electron chi connectivity index (χ0n) is 21.8. The van der Waals surface area contributed by atoms with E-state index in [0.717, 1.165) is 16.9 Å². The van der Waals surface area contributed by atoms with Gasteiger partial charge in [0.05, 0.1) is 28.9 Å². The summed E-state index contributed by atoms with van der Waals surface area (Å²) in [7, 11) is 1.50. The number of nitrogens with zero attached hydrogens (tertiary/aromatic N) is 2. The first kappa shape index (κ1) is 26.2. The summed E-state index contributed by atoms with van der Waals surface area (Å²) in [5.41, 5.74) is 2.29. The van der Waals surface area contributed by atoms with Crippen molar-refractivity contribution in [1.82, 2.24) is 4.98 Å². The van der Waals surface area contributed by atoms with Crippen molar-refractivity contribution < 1.29 is 28.6 Å². The molecule has 2 heterocycles. The number of Topliss-reactive ketones (excluding diaryl/α,β-unsaturated/α-hetero) is 1. The number of aromatic nitrogens is 1. The minimum atomic E-state index is -0.991.